The van der Waals surface area contributed by atoms with Gasteiger partial charge in [-0.15, -0.1) is 0 Å². The van der Waals surface area contributed by atoms with E-state index in [9.17, 15) is 18.0 Å². The second kappa shape index (κ2) is 7.70. The number of halogens is 3. The monoisotopic (exact) mass is 349 g/mol. The second-order valence-corrected chi connectivity index (χ2v) is 6.04. The quantitative estimate of drug-likeness (QED) is 0.837. The SMILES string of the molecule is O=C(c1ccccc1F)N1CCCC(OCc2cc(F)ccc2F)C1. The van der Waals surface area contributed by atoms with Crippen molar-refractivity contribution in [2.45, 2.75) is 25.6 Å². The molecule has 0 aromatic heterocycles. The van der Waals surface area contributed by atoms with Gasteiger partial charge in [0.1, 0.15) is 17.5 Å². The first-order valence-corrected chi connectivity index (χ1v) is 8.14. The highest BCUT2D eigenvalue weighted by Gasteiger charge is 2.26. The van der Waals surface area contributed by atoms with Crippen molar-refractivity contribution in [2.24, 2.45) is 0 Å². The molecule has 25 heavy (non-hydrogen) atoms. The Kier molecular flexibility index (Phi) is 5.38. The lowest BCUT2D eigenvalue weighted by molar-refractivity contribution is -0.00781. The zero-order valence-electron chi connectivity index (χ0n) is 13.6. The highest BCUT2D eigenvalue weighted by atomic mass is 19.1. The molecule has 1 heterocycles. The highest BCUT2D eigenvalue weighted by Crippen LogP contribution is 2.19. The van der Waals surface area contributed by atoms with Gasteiger partial charge < -0.3 is 9.64 Å². The van der Waals surface area contributed by atoms with Crippen LogP contribution in [0.25, 0.3) is 0 Å². The fourth-order valence-corrected chi connectivity index (χ4v) is 2.93. The van der Waals surface area contributed by atoms with Gasteiger partial charge in [-0.2, -0.15) is 0 Å². The van der Waals surface area contributed by atoms with Crippen LogP contribution in [-0.2, 0) is 11.3 Å². The van der Waals surface area contributed by atoms with E-state index >= 15 is 0 Å². The molecule has 6 heteroatoms. The van der Waals surface area contributed by atoms with Gasteiger partial charge in [-0.05, 0) is 43.2 Å². The van der Waals surface area contributed by atoms with Crippen molar-refractivity contribution in [1.29, 1.82) is 0 Å². The molecule has 1 amide bonds. The van der Waals surface area contributed by atoms with Gasteiger partial charge in [0.25, 0.3) is 5.91 Å². The van der Waals surface area contributed by atoms with Crippen LogP contribution in [0, 0.1) is 17.5 Å². The summed E-state index contributed by atoms with van der Waals surface area (Å²) in [5.41, 5.74) is 0.164. The van der Waals surface area contributed by atoms with Crippen LogP contribution in [0.4, 0.5) is 13.2 Å². The molecule has 132 valence electrons. The number of hydrogen-bond donors (Lipinski definition) is 0. The van der Waals surface area contributed by atoms with Crippen molar-refractivity contribution in [1.82, 2.24) is 4.90 Å². The van der Waals surface area contributed by atoms with Crippen molar-refractivity contribution in [3.05, 3.63) is 71.0 Å². The van der Waals surface area contributed by atoms with Crippen LogP contribution in [0.15, 0.2) is 42.5 Å². The molecule has 1 fully saturated rings. The molecule has 0 radical (unpaired) electrons. The molecule has 1 aliphatic heterocycles. The van der Waals surface area contributed by atoms with Crippen molar-refractivity contribution in [3.8, 4) is 0 Å². The van der Waals surface area contributed by atoms with E-state index in [0.717, 1.165) is 18.2 Å². The van der Waals surface area contributed by atoms with Crippen LogP contribution in [0.3, 0.4) is 0 Å². The Bertz CT molecular complexity index is 766. The Morgan fingerprint density at radius 1 is 1.12 bits per heavy atom. The summed E-state index contributed by atoms with van der Waals surface area (Å²) in [6.45, 7) is 0.738. The lowest BCUT2D eigenvalue weighted by Crippen LogP contribution is -2.43. The first kappa shape index (κ1) is 17.5. The van der Waals surface area contributed by atoms with Crippen LogP contribution in [0.5, 0.6) is 0 Å². The van der Waals surface area contributed by atoms with Crippen LogP contribution in [0.1, 0.15) is 28.8 Å². The summed E-state index contributed by atoms with van der Waals surface area (Å²) >= 11 is 0. The lowest BCUT2D eigenvalue weighted by atomic mass is 10.1. The molecule has 0 spiro atoms. The fraction of sp³-hybridized carbons (Fsp3) is 0.316. The van der Waals surface area contributed by atoms with Gasteiger partial charge >= 0.3 is 0 Å². The summed E-state index contributed by atoms with van der Waals surface area (Å²) in [7, 11) is 0. The molecule has 1 saturated heterocycles. The van der Waals surface area contributed by atoms with Crippen molar-refractivity contribution >= 4 is 5.91 Å². The predicted octanol–water partition coefficient (Wildman–Crippen LogP) is 3.93. The average molecular weight is 349 g/mol. The van der Waals surface area contributed by atoms with Gasteiger partial charge in [0.05, 0.1) is 18.3 Å². The van der Waals surface area contributed by atoms with Crippen molar-refractivity contribution < 1.29 is 22.7 Å². The summed E-state index contributed by atoms with van der Waals surface area (Å²) in [6.07, 6.45) is 1.11. The molecule has 2 aromatic carbocycles. The molecular weight excluding hydrogens is 331 g/mol. The first-order chi connectivity index (χ1) is 12.0. The van der Waals surface area contributed by atoms with Crippen molar-refractivity contribution in [3.63, 3.8) is 0 Å². The predicted molar refractivity (Wildman–Crippen MR) is 86.5 cm³/mol. The molecule has 3 nitrogen and oxygen atoms in total. The summed E-state index contributed by atoms with van der Waals surface area (Å²) in [5.74, 6) is -2.00. The molecule has 3 rings (SSSR count). The van der Waals surface area contributed by atoms with E-state index in [1.165, 1.54) is 23.1 Å². The zero-order valence-corrected chi connectivity index (χ0v) is 13.6. The molecule has 0 aliphatic carbocycles. The second-order valence-electron chi connectivity index (χ2n) is 6.04. The number of likely N-dealkylation sites (tertiary alicyclic amines) is 1. The minimum atomic E-state index is -0.558. The highest BCUT2D eigenvalue weighted by molar-refractivity contribution is 5.94. The van der Waals surface area contributed by atoms with E-state index in [0.29, 0.717) is 25.9 Å². The third kappa shape index (κ3) is 4.20. The molecule has 0 saturated carbocycles. The molecule has 2 aromatic rings. The number of piperidine rings is 1. The van der Waals surface area contributed by atoms with E-state index in [4.69, 9.17) is 4.74 Å². The third-order valence-electron chi connectivity index (χ3n) is 4.25. The van der Waals surface area contributed by atoms with E-state index < -0.39 is 17.5 Å². The van der Waals surface area contributed by atoms with Crippen LogP contribution in [0.2, 0.25) is 0 Å². The zero-order chi connectivity index (χ0) is 17.8. The standard InChI is InChI=1S/C19H18F3NO2/c20-14-7-8-17(21)13(10-14)12-25-15-4-3-9-23(11-15)19(24)16-5-1-2-6-18(16)22/h1-2,5-8,10,15H,3-4,9,11-12H2. The number of amides is 1. The molecule has 0 N–H and O–H groups in total. The van der Waals surface area contributed by atoms with Crippen LogP contribution >= 0.6 is 0 Å². The number of benzene rings is 2. The molecular formula is C19H18F3NO2. The van der Waals surface area contributed by atoms with Gasteiger partial charge in [0.2, 0.25) is 0 Å². The Morgan fingerprint density at radius 2 is 1.92 bits per heavy atom. The van der Waals surface area contributed by atoms with Crippen LogP contribution < -0.4 is 0 Å². The Morgan fingerprint density at radius 3 is 2.72 bits per heavy atom. The van der Waals surface area contributed by atoms with Gasteiger partial charge in [0, 0.05) is 18.7 Å². The summed E-state index contributed by atoms with van der Waals surface area (Å²) in [4.78, 5) is 14.0. The minimum absolute atomic E-state index is 0.0272. The van der Waals surface area contributed by atoms with E-state index in [1.807, 2.05) is 0 Å². The molecule has 1 atom stereocenters. The number of nitrogens with zero attached hydrogens (tertiary/aromatic N) is 1. The Hall–Kier alpha value is -2.34. The van der Waals surface area contributed by atoms with E-state index in [1.54, 1.807) is 6.07 Å². The Labute approximate surface area is 144 Å². The van der Waals surface area contributed by atoms with Gasteiger partial charge in [-0.3, -0.25) is 4.79 Å². The topological polar surface area (TPSA) is 29.5 Å². The van der Waals surface area contributed by atoms with Crippen molar-refractivity contribution in [2.75, 3.05) is 13.1 Å². The lowest BCUT2D eigenvalue weighted by Gasteiger charge is -2.32. The molecule has 0 bridgehead atoms. The maximum absolute atomic E-state index is 13.8. The number of carbonyl (C=O) groups excluding carboxylic acids is 1. The maximum atomic E-state index is 13.8. The average Bonchev–Trinajstić information content (AvgIpc) is 2.62. The van der Waals surface area contributed by atoms with Gasteiger partial charge in [0.15, 0.2) is 0 Å². The van der Waals surface area contributed by atoms with E-state index in [2.05, 4.69) is 0 Å². The summed E-state index contributed by atoms with van der Waals surface area (Å²) < 4.78 is 46.3. The van der Waals surface area contributed by atoms with Gasteiger partial charge in [-0.1, -0.05) is 12.1 Å². The summed E-state index contributed by atoms with van der Waals surface area (Å²) in [5, 5.41) is 0. The fourth-order valence-electron chi connectivity index (χ4n) is 2.93. The van der Waals surface area contributed by atoms with E-state index in [-0.39, 0.29) is 29.7 Å². The largest absolute Gasteiger partial charge is 0.372 e. The normalized spacial score (nSPS) is 17.6. The third-order valence-corrected chi connectivity index (χ3v) is 4.25. The molecule has 1 unspecified atom stereocenters. The maximum Gasteiger partial charge on any atom is 0.256 e. The number of hydrogen-bond acceptors (Lipinski definition) is 2. The summed E-state index contributed by atoms with van der Waals surface area (Å²) in [6, 6.07) is 9.04. The van der Waals surface area contributed by atoms with Gasteiger partial charge in [-0.25, -0.2) is 13.2 Å². The minimum Gasteiger partial charge on any atom is -0.372 e. The smallest absolute Gasteiger partial charge is 0.256 e. The Balaban J connectivity index is 1.62. The number of ether oxygens (including phenoxy) is 1. The van der Waals surface area contributed by atoms with Crippen LogP contribution in [-0.4, -0.2) is 30.0 Å². The number of carbonyl (C=O) groups is 1. The molecule has 1 aliphatic rings. The number of rotatable bonds is 4. The first-order valence-electron chi connectivity index (χ1n) is 8.14.